The number of nitrogens with one attached hydrogen (secondary N) is 2. The highest BCUT2D eigenvalue weighted by Gasteiger charge is 2.21. The van der Waals surface area contributed by atoms with Gasteiger partial charge in [0.1, 0.15) is 5.82 Å². The van der Waals surface area contributed by atoms with E-state index >= 15 is 0 Å². The Morgan fingerprint density at radius 2 is 2.00 bits per heavy atom. The molecule has 1 saturated heterocycles. The normalized spacial score (nSPS) is 17.4. The van der Waals surface area contributed by atoms with E-state index in [1.807, 2.05) is 31.2 Å². The summed E-state index contributed by atoms with van der Waals surface area (Å²) in [6, 6.07) is 10.0. The lowest BCUT2D eigenvalue weighted by atomic mass is 9.93. The summed E-state index contributed by atoms with van der Waals surface area (Å²) in [6.45, 7) is 4.06. The minimum Gasteiger partial charge on any atom is -0.344 e. The zero-order valence-corrected chi connectivity index (χ0v) is 21.6. The van der Waals surface area contributed by atoms with Crippen molar-refractivity contribution in [3.8, 4) is 0 Å². The lowest BCUT2D eigenvalue weighted by molar-refractivity contribution is -0.115. The van der Waals surface area contributed by atoms with Crippen LogP contribution in [0.4, 0.5) is 11.5 Å². The molecule has 2 aromatic rings. The van der Waals surface area contributed by atoms with Gasteiger partial charge in [0.25, 0.3) is 0 Å². The second kappa shape index (κ2) is 11.4. The van der Waals surface area contributed by atoms with Crippen LogP contribution >= 0.6 is 32.5 Å². The molecular formula is C24H30IN5OS. The number of aromatic nitrogens is 2. The first-order chi connectivity index (χ1) is 15.6. The molecule has 0 radical (unpaired) electrons. The lowest BCUT2D eigenvalue weighted by Gasteiger charge is -2.28. The van der Waals surface area contributed by atoms with E-state index in [9.17, 15) is 4.79 Å². The van der Waals surface area contributed by atoms with Crippen LogP contribution in [0.3, 0.4) is 0 Å². The maximum atomic E-state index is 11.6. The zero-order valence-electron chi connectivity index (χ0n) is 18.6. The summed E-state index contributed by atoms with van der Waals surface area (Å²) < 4.78 is 3.62. The Balaban J connectivity index is 1.54. The number of amides is 1. The molecule has 32 heavy (non-hydrogen) atoms. The van der Waals surface area contributed by atoms with E-state index in [0.29, 0.717) is 12.3 Å². The van der Waals surface area contributed by atoms with Gasteiger partial charge in [-0.25, -0.2) is 9.97 Å². The molecule has 1 amide bonds. The Bertz CT molecular complexity index is 1000. The van der Waals surface area contributed by atoms with Crippen LogP contribution in [-0.2, 0) is 4.79 Å². The third-order valence-corrected chi connectivity index (χ3v) is 8.55. The van der Waals surface area contributed by atoms with Crippen molar-refractivity contribution < 1.29 is 4.79 Å². The van der Waals surface area contributed by atoms with Gasteiger partial charge in [0.05, 0.1) is 5.69 Å². The van der Waals surface area contributed by atoms with E-state index in [1.54, 1.807) is 11.8 Å². The summed E-state index contributed by atoms with van der Waals surface area (Å²) in [7, 11) is 2.19. The van der Waals surface area contributed by atoms with E-state index < -0.39 is 0 Å². The Morgan fingerprint density at radius 3 is 2.69 bits per heavy atom. The Morgan fingerprint density at radius 1 is 1.22 bits per heavy atom. The molecule has 2 aliphatic rings. The van der Waals surface area contributed by atoms with Gasteiger partial charge >= 0.3 is 0 Å². The SMILES string of the molecule is CCC(=O)Nc1ccc(Sc2nc(NC3=CC=ICC3)cc(C3CCN(C)CC3)n2)cc1. The molecule has 0 unspecified atom stereocenters. The van der Waals surface area contributed by atoms with Crippen LogP contribution in [-0.4, -0.2) is 49.4 Å². The van der Waals surface area contributed by atoms with Gasteiger partial charge in [-0.2, -0.15) is 0 Å². The number of carbonyl (C=O) groups excluding carboxylic acids is 1. The van der Waals surface area contributed by atoms with Crippen molar-refractivity contribution in [3.05, 3.63) is 47.8 Å². The van der Waals surface area contributed by atoms with E-state index in [0.717, 1.165) is 59.6 Å². The number of anilines is 2. The molecule has 4 rings (SSSR count). The molecule has 170 valence electrons. The number of alkyl halides is 1. The second-order valence-corrected chi connectivity index (χ2v) is 11.8. The highest BCUT2D eigenvalue weighted by Crippen LogP contribution is 2.32. The summed E-state index contributed by atoms with van der Waals surface area (Å²) in [6.07, 6.45) is 6.06. The Labute approximate surface area is 204 Å². The predicted octanol–water partition coefficient (Wildman–Crippen LogP) is 5.26. The number of likely N-dealkylation sites (tertiary alicyclic amines) is 1. The van der Waals surface area contributed by atoms with Crippen molar-refractivity contribution in [3.63, 3.8) is 0 Å². The first-order valence-corrected chi connectivity index (χ1v) is 14.7. The first-order valence-electron chi connectivity index (χ1n) is 11.1. The van der Waals surface area contributed by atoms with Gasteiger partial charge in [0.2, 0.25) is 5.91 Å². The molecule has 2 N–H and O–H groups in total. The molecule has 0 saturated carbocycles. The van der Waals surface area contributed by atoms with Gasteiger partial charge in [-0.05, 0) is 85.5 Å². The van der Waals surface area contributed by atoms with E-state index in [-0.39, 0.29) is 26.6 Å². The van der Waals surface area contributed by atoms with Crippen LogP contribution in [0.25, 0.3) is 0 Å². The summed E-state index contributed by atoms with van der Waals surface area (Å²) in [5, 5.41) is 7.22. The maximum Gasteiger partial charge on any atom is 0.224 e. The van der Waals surface area contributed by atoms with Crippen LogP contribution in [0.15, 0.2) is 52.2 Å². The number of nitrogens with zero attached hydrogens (tertiary/aromatic N) is 3. The standard InChI is InChI=1S/C24H30IN5OS/c1-3-23(31)27-18-4-6-20(7-5-18)32-24-28-21(17-10-14-30(2)15-11-17)16-22(29-24)26-19-8-12-25-13-9-19/h4-8,12,16-17H,3,9-11,13-15H2,1-2H3,(H,27,31)(H,26,28,29). The molecule has 1 aromatic heterocycles. The van der Waals surface area contributed by atoms with Crippen molar-refractivity contribution in [2.24, 2.45) is 0 Å². The Hall–Kier alpha value is -1.78. The van der Waals surface area contributed by atoms with Crippen molar-refractivity contribution in [1.82, 2.24) is 14.9 Å². The summed E-state index contributed by atoms with van der Waals surface area (Å²) in [5.74, 6) is 1.38. The number of hydrogen-bond donors (Lipinski definition) is 2. The number of piperidine rings is 1. The fraction of sp³-hybridized carbons (Fsp3) is 0.417. The monoisotopic (exact) mass is 563 g/mol. The highest BCUT2D eigenvalue weighted by atomic mass is 127. The molecule has 3 heterocycles. The quantitative estimate of drug-likeness (QED) is 0.272. The van der Waals surface area contributed by atoms with Crippen molar-refractivity contribution in [1.29, 1.82) is 0 Å². The fourth-order valence-corrected chi connectivity index (χ4v) is 6.44. The molecule has 2 aliphatic heterocycles. The highest BCUT2D eigenvalue weighted by molar-refractivity contribution is 14.2. The molecule has 8 heteroatoms. The van der Waals surface area contributed by atoms with Gasteiger partial charge in [-0.15, -0.1) is 20.7 Å². The van der Waals surface area contributed by atoms with Gasteiger partial charge in [-0.3, -0.25) is 4.79 Å². The molecule has 6 nitrogen and oxygen atoms in total. The van der Waals surface area contributed by atoms with Gasteiger partial charge in [0, 0.05) is 39.1 Å². The molecule has 1 aromatic carbocycles. The van der Waals surface area contributed by atoms with Crippen molar-refractivity contribution in [2.75, 3.05) is 35.2 Å². The summed E-state index contributed by atoms with van der Waals surface area (Å²) >= 11 is 1.80. The van der Waals surface area contributed by atoms with Crippen LogP contribution in [0.1, 0.15) is 44.2 Å². The summed E-state index contributed by atoms with van der Waals surface area (Å²) in [4.78, 5) is 24.8. The molecular weight excluding hydrogens is 533 g/mol. The van der Waals surface area contributed by atoms with Crippen molar-refractivity contribution >= 4 is 53.9 Å². The van der Waals surface area contributed by atoms with Crippen LogP contribution in [0.5, 0.6) is 0 Å². The average molecular weight is 564 g/mol. The second-order valence-electron chi connectivity index (χ2n) is 8.10. The third kappa shape index (κ3) is 6.62. The van der Waals surface area contributed by atoms with Crippen LogP contribution in [0.2, 0.25) is 0 Å². The molecule has 0 spiro atoms. The fourth-order valence-electron chi connectivity index (χ4n) is 3.72. The van der Waals surface area contributed by atoms with Gasteiger partial charge in [0.15, 0.2) is 5.16 Å². The predicted molar refractivity (Wildman–Crippen MR) is 142 cm³/mol. The number of allylic oxidation sites excluding steroid dienone is 2. The molecule has 0 bridgehead atoms. The van der Waals surface area contributed by atoms with Crippen LogP contribution < -0.4 is 10.6 Å². The number of hydrogen-bond acceptors (Lipinski definition) is 6. The molecule has 0 aliphatic carbocycles. The van der Waals surface area contributed by atoms with E-state index in [4.69, 9.17) is 9.97 Å². The number of benzene rings is 1. The average Bonchev–Trinajstić information content (AvgIpc) is 2.81. The minimum absolute atomic E-state index is 0.0201. The maximum absolute atomic E-state index is 11.6. The van der Waals surface area contributed by atoms with E-state index in [1.165, 1.54) is 10.1 Å². The third-order valence-electron chi connectivity index (χ3n) is 5.65. The molecule has 0 atom stereocenters. The Kier molecular flexibility index (Phi) is 8.31. The number of rotatable bonds is 7. The zero-order chi connectivity index (χ0) is 22.3. The molecule has 1 fully saturated rings. The van der Waals surface area contributed by atoms with Gasteiger partial charge in [-0.1, -0.05) is 6.92 Å². The van der Waals surface area contributed by atoms with E-state index in [2.05, 4.69) is 38.7 Å². The van der Waals surface area contributed by atoms with Gasteiger partial charge < -0.3 is 15.5 Å². The minimum atomic E-state index is 0.0201. The lowest BCUT2D eigenvalue weighted by Crippen LogP contribution is -2.29. The smallest absolute Gasteiger partial charge is 0.224 e. The first kappa shape index (κ1) is 23.4. The van der Waals surface area contributed by atoms with Crippen LogP contribution in [0, 0.1) is 0 Å². The topological polar surface area (TPSA) is 70.2 Å². The summed E-state index contributed by atoms with van der Waals surface area (Å²) in [5.41, 5.74) is 3.20. The largest absolute Gasteiger partial charge is 0.344 e. The number of carbonyl (C=O) groups is 1. The van der Waals surface area contributed by atoms with Crippen molar-refractivity contribution in [2.45, 2.75) is 48.6 Å². The number of halogens is 1.